The van der Waals surface area contributed by atoms with Crippen LogP contribution in [0.1, 0.15) is 59.7 Å². The summed E-state index contributed by atoms with van der Waals surface area (Å²) in [6.07, 6.45) is 0. The number of benzene rings is 4. The van der Waals surface area contributed by atoms with Crippen LogP contribution in [0.2, 0.25) is 0 Å². The number of fused-ring (bicyclic) bond motifs is 3. The largest absolute Gasteiger partial charge is 0.376 e. The second-order valence-electron chi connectivity index (χ2n) is 9.57. The Morgan fingerprint density at radius 2 is 1.00 bits per heavy atom. The van der Waals surface area contributed by atoms with E-state index in [9.17, 15) is 14.4 Å². The lowest BCUT2D eigenvalue weighted by molar-refractivity contribution is 0.0583. The fourth-order valence-corrected chi connectivity index (χ4v) is 6.41. The van der Waals surface area contributed by atoms with E-state index in [-0.39, 0.29) is 17.3 Å². The first kappa shape index (κ1) is 20.8. The maximum absolute atomic E-state index is 14.5. The summed E-state index contributed by atoms with van der Waals surface area (Å²) in [4.78, 5) is 43.0. The van der Waals surface area contributed by atoms with Crippen LogP contribution < -0.4 is 5.32 Å². The van der Waals surface area contributed by atoms with E-state index in [2.05, 4.69) is 5.32 Å². The molecular weight excluding hydrogens is 446 g/mol. The third-order valence-electron chi connectivity index (χ3n) is 7.88. The van der Waals surface area contributed by atoms with Gasteiger partial charge in [-0.05, 0) is 11.1 Å². The van der Waals surface area contributed by atoms with Gasteiger partial charge in [0.1, 0.15) is 5.41 Å². The highest BCUT2D eigenvalue weighted by Crippen LogP contribution is 2.61. The highest BCUT2D eigenvalue weighted by molar-refractivity contribution is 6.33. The number of allylic oxidation sites excluding steroid dienone is 1. The van der Waals surface area contributed by atoms with E-state index in [1.807, 2.05) is 84.9 Å². The third kappa shape index (κ3) is 2.51. The summed E-state index contributed by atoms with van der Waals surface area (Å²) in [5.41, 5.74) is 3.50. The molecule has 4 aromatic carbocycles. The van der Waals surface area contributed by atoms with Crippen molar-refractivity contribution < 1.29 is 14.4 Å². The van der Waals surface area contributed by atoms with Crippen molar-refractivity contribution in [3.63, 3.8) is 0 Å². The van der Waals surface area contributed by atoms with E-state index in [0.717, 1.165) is 16.7 Å². The molecule has 3 aliphatic rings. The topological polar surface area (TPSA) is 63.2 Å². The summed E-state index contributed by atoms with van der Waals surface area (Å²) in [6, 6.07) is 33.0. The molecule has 7 rings (SSSR count). The van der Waals surface area contributed by atoms with Crippen LogP contribution in [0.3, 0.4) is 0 Å². The van der Waals surface area contributed by atoms with Crippen molar-refractivity contribution >= 4 is 23.0 Å². The summed E-state index contributed by atoms with van der Waals surface area (Å²) in [5.74, 6) is -1.36. The summed E-state index contributed by atoms with van der Waals surface area (Å²) in [6.45, 7) is 0. The van der Waals surface area contributed by atoms with Crippen molar-refractivity contribution in [1.29, 1.82) is 0 Å². The highest BCUT2D eigenvalue weighted by atomic mass is 16.2. The van der Waals surface area contributed by atoms with Gasteiger partial charge in [-0.1, -0.05) is 109 Å². The molecule has 36 heavy (non-hydrogen) atoms. The Hall–Kier alpha value is -4.57. The Morgan fingerprint density at radius 1 is 0.528 bits per heavy atom. The van der Waals surface area contributed by atoms with E-state index >= 15 is 0 Å². The van der Waals surface area contributed by atoms with Gasteiger partial charge in [0.25, 0.3) is 0 Å². The molecule has 1 heterocycles. The molecule has 1 aliphatic heterocycles. The molecule has 4 nitrogen and oxygen atoms in total. The number of Topliss-reactive ketones (excluding diaryl/α,β-unsaturated/α-hetero) is 3. The predicted molar refractivity (Wildman–Crippen MR) is 137 cm³/mol. The number of rotatable bonds is 2. The molecule has 0 fully saturated rings. The smallest absolute Gasteiger partial charge is 0.192 e. The number of nitrogens with one attached hydrogen (secondary N) is 1. The van der Waals surface area contributed by atoms with Gasteiger partial charge in [0, 0.05) is 33.7 Å². The van der Waals surface area contributed by atoms with Gasteiger partial charge in [0.15, 0.2) is 17.3 Å². The average Bonchev–Trinajstić information content (AvgIpc) is 3.34. The molecule has 0 amide bonds. The standard InChI is InChI=1S/C32H21NO3/c34-28-22-16-8-7-15-21(22)27-25(28)26(19-11-3-1-4-12-19)32(29(33-27)20-13-5-2-6-14-20)30(35)23-17-9-10-18-24(23)31(32)36/h1-18,26,29,33H. The molecule has 0 aromatic heterocycles. The SMILES string of the molecule is O=C1C2=C(NC(c3ccccc3)C3(C(=O)c4ccccc4C3=O)C2c2ccccc2)c2ccccc21. The Bertz CT molecular complexity index is 1580. The monoisotopic (exact) mass is 467 g/mol. The van der Waals surface area contributed by atoms with Crippen molar-refractivity contribution in [3.8, 4) is 0 Å². The Morgan fingerprint density at radius 3 is 1.58 bits per heavy atom. The van der Waals surface area contributed by atoms with E-state index in [1.54, 1.807) is 24.3 Å². The van der Waals surface area contributed by atoms with Crippen LogP contribution >= 0.6 is 0 Å². The second-order valence-corrected chi connectivity index (χ2v) is 9.57. The predicted octanol–water partition coefficient (Wildman–Crippen LogP) is 5.79. The molecule has 2 unspecified atom stereocenters. The van der Waals surface area contributed by atoms with Gasteiger partial charge in [-0.15, -0.1) is 0 Å². The minimum Gasteiger partial charge on any atom is -0.376 e. The zero-order chi connectivity index (χ0) is 24.4. The molecule has 0 saturated carbocycles. The number of ketones is 3. The molecule has 4 aromatic rings. The molecular formula is C32H21NO3. The van der Waals surface area contributed by atoms with Crippen LogP contribution in [0.4, 0.5) is 0 Å². The highest BCUT2D eigenvalue weighted by Gasteiger charge is 2.66. The first-order valence-electron chi connectivity index (χ1n) is 12.1. The van der Waals surface area contributed by atoms with Gasteiger partial charge in [-0.25, -0.2) is 0 Å². The lowest BCUT2D eigenvalue weighted by Gasteiger charge is -2.46. The van der Waals surface area contributed by atoms with Gasteiger partial charge >= 0.3 is 0 Å². The van der Waals surface area contributed by atoms with Crippen molar-refractivity contribution in [3.05, 3.63) is 148 Å². The molecule has 2 atom stereocenters. The van der Waals surface area contributed by atoms with Crippen molar-refractivity contribution in [2.75, 3.05) is 0 Å². The molecule has 0 radical (unpaired) electrons. The van der Waals surface area contributed by atoms with E-state index in [4.69, 9.17) is 0 Å². The van der Waals surface area contributed by atoms with Gasteiger partial charge in [-0.3, -0.25) is 14.4 Å². The normalized spacial score (nSPS) is 21.3. The first-order valence-corrected chi connectivity index (χ1v) is 12.1. The molecule has 1 spiro atoms. The van der Waals surface area contributed by atoms with E-state index < -0.39 is 17.4 Å². The summed E-state index contributed by atoms with van der Waals surface area (Å²) in [7, 11) is 0. The lowest BCUT2D eigenvalue weighted by Crippen LogP contribution is -2.53. The summed E-state index contributed by atoms with van der Waals surface area (Å²) in [5, 5.41) is 3.56. The van der Waals surface area contributed by atoms with Crippen molar-refractivity contribution in [2.24, 2.45) is 5.41 Å². The Kier molecular flexibility index (Phi) is 4.31. The van der Waals surface area contributed by atoms with Crippen LogP contribution in [0.15, 0.2) is 115 Å². The van der Waals surface area contributed by atoms with Crippen molar-refractivity contribution in [1.82, 2.24) is 5.32 Å². The quantitative estimate of drug-likeness (QED) is 0.379. The lowest BCUT2D eigenvalue weighted by atomic mass is 9.58. The second kappa shape index (κ2) is 7.46. The molecule has 172 valence electrons. The summed E-state index contributed by atoms with van der Waals surface area (Å²) < 4.78 is 0. The maximum atomic E-state index is 14.5. The average molecular weight is 468 g/mol. The van der Waals surface area contributed by atoms with Gasteiger partial charge < -0.3 is 5.32 Å². The van der Waals surface area contributed by atoms with Gasteiger partial charge in [-0.2, -0.15) is 0 Å². The van der Waals surface area contributed by atoms with Crippen LogP contribution in [0, 0.1) is 5.41 Å². The van der Waals surface area contributed by atoms with Crippen LogP contribution in [0.25, 0.3) is 5.70 Å². The fraction of sp³-hybridized carbons (Fsp3) is 0.0938. The summed E-state index contributed by atoms with van der Waals surface area (Å²) >= 11 is 0. The minimum absolute atomic E-state index is 0.135. The third-order valence-corrected chi connectivity index (χ3v) is 7.88. The number of hydrogen-bond acceptors (Lipinski definition) is 4. The molecule has 0 saturated heterocycles. The van der Waals surface area contributed by atoms with E-state index in [1.165, 1.54) is 0 Å². The van der Waals surface area contributed by atoms with Crippen LogP contribution in [-0.2, 0) is 0 Å². The number of carbonyl (C=O) groups is 3. The van der Waals surface area contributed by atoms with E-state index in [0.29, 0.717) is 28.0 Å². The zero-order valence-corrected chi connectivity index (χ0v) is 19.3. The Balaban J connectivity index is 1.60. The van der Waals surface area contributed by atoms with Crippen LogP contribution in [-0.4, -0.2) is 17.3 Å². The number of hydrogen-bond donors (Lipinski definition) is 1. The molecule has 0 bridgehead atoms. The Labute approximate surface area is 208 Å². The number of carbonyl (C=O) groups excluding carboxylic acids is 3. The fourth-order valence-electron chi connectivity index (χ4n) is 6.41. The molecule has 1 N–H and O–H groups in total. The minimum atomic E-state index is -1.54. The molecule has 4 heteroatoms. The first-order chi connectivity index (χ1) is 17.6. The van der Waals surface area contributed by atoms with Gasteiger partial charge in [0.2, 0.25) is 0 Å². The molecule has 2 aliphatic carbocycles. The van der Waals surface area contributed by atoms with Gasteiger partial charge in [0.05, 0.1) is 11.7 Å². The maximum Gasteiger partial charge on any atom is 0.192 e. The van der Waals surface area contributed by atoms with Crippen molar-refractivity contribution in [2.45, 2.75) is 12.0 Å². The zero-order valence-electron chi connectivity index (χ0n) is 19.3. The van der Waals surface area contributed by atoms with Crippen LogP contribution in [0.5, 0.6) is 0 Å².